The Hall–Kier alpha value is -2.04. The van der Waals surface area contributed by atoms with Gasteiger partial charge in [0.2, 0.25) is 5.91 Å². The highest BCUT2D eigenvalue weighted by Gasteiger charge is 2.28. The van der Waals surface area contributed by atoms with E-state index in [4.69, 9.17) is 5.73 Å². The van der Waals surface area contributed by atoms with Gasteiger partial charge in [-0.1, -0.05) is 31.4 Å². The third kappa shape index (κ3) is 4.28. The summed E-state index contributed by atoms with van der Waals surface area (Å²) >= 11 is 0. The lowest BCUT2D eigenvalue weighted by Gasteiger charge is -2.26. The number of carbonyl (C=O) groups is 2. The van der Waals surface area contributed by atoms with Gasteiger partial charge < -0.3 is 16.0 Å². The first kappa shape index (κ1) is 16.8. The van der Waals surface area contributed by atoms with Crippen LogP contribution in [-0.2, 0) is 6.42 Å². The number of amides is 3. The van der Waals surface area contributed by atoms with Crippen LogP contribution >= 0.6 is 0 Å². The molecule has 1 heterocycles. The molecule has 2 aliphatic rings. The molecule has 3 rings (SSSR count). The molecule has 3 N–H and O–H groups in total. The van der Waals surface area contributed by atoms with Crippen LogP contribution in [0.25, 0.3) is 0 Å². The highest BCUT2D eigenvalue weighted by Crippen LogP contribution is 2.23. The Bertz CT molecular complexity index is 596. The molecule has 1 aromatic rings. The van der Waals surface area contributed by atoms with Gasteiger partial charge >= 0.3 is 6.03 Å². The molecule has 0 bridgehead atoms. The van der Waals surface area contributed by atoms with Crippen molar-refractivity contribution in [1.29, 1.82) is 0 Å². The van der Waals surface area contributed by atoms with Crippen molar-refractivity contribution in [2.45, 2.75) is 51.0 Å². The normalized spacial score (nSPS) is 21.7. The Morgan fingerprint density at radius 2 is 1.96 bits per heavy atom. The van der Waals surface area contributed by atoms with E-state index in [9.17, 15) is 9.59 Å². The minimum atomic E-state index is -0.392. The van der Waals surface area contributed by atoms with Crippen LogP contribution < -0.4 is 11.1 Å². The summed E-state index contributed by atoms with van der Waals surface area (Å²) in [6.07, 6.45) is 7.87. The second-order valence-electron chi connectivity index (χ2n) is 7.15. The van der Waals surface area contributed by atoms with Crippen molar-refractivity contribution in [3.63, 3.8) is 0 Å². The van der Waals surface area contributed by atoms with Gasteiger partial charge in [0.15, 0.2) is 0 Å². The SMILES string of the molecule is NC(=O)c1cccc(CC2CCN(C(=O)NC3CCCCC3)C2)c1. The summed E-state index contributed by atoms with van der Waals surface area (Å²) in [5, 5.41) is 3.20. The quantitative estimate of drug-likeness (QED) is 0.891. The van der Waals surface area contributed by atoms with Crippen LogP contribution in [0.4, 0.5) is 4.79 Å². The fourth-order valence-corrected chi connectivity index (χ4v) is 3.88. The first-order chi connectivity index (χ1) is 11.6. The number of carbonyl (C=O) groups excluding carboxylic acids is 2. The van der Waals surface area contributed by atoms with Crippen molar-refractivity contribution >= 4 is 11.9 Å². The van der Waals surface area contributed by atoms with E-state index in [-0.39, 0.29) is 6.03 Å². The maximum atomic E-state index is 12.4. The van der Waals surface area contributed by atoms with E-state index < -0.39 is 5.91 Å². The van der Waals surface area contributed by atoms with E-state index in [1.807, 2.05) is 23.1 Å². The van der Waals surface area contributed by atoms with Crippen LogP contribution in [0, 0.1) is 5.92 Å². The monoisotopic (exact) mass is 329 g/mol. The van der Waals surface area contributed by atoms with E-state index in [1.165, 1.54) is 19.3 Å². The lowest BCUT2D eigenvalue weighted by atomic mass is 9.96. The number of hydrogen-bond donors (Lipinski definition) is 2. The van der Waals surface area contributed by atoms with Crippen LogP contribution in [0.2, 0.25) is 0 Å². The molecule has 24 heavy (non-hydrogen) atoms. The standard InChI is InChI=1S/C19H27N3O2/c20-18(23)16-6-4-5-14(12-16)11-15-9-10-22(13-15)19(24)21-17-7-2-1-3-8-17/h4-6,12,15,17H,1-3,7-11,13H2,(H2,20,23)(H,21,24). The van der Waals surface area contributed by atoms with Gasteiger partial charge in [-0.2, -0.15) is 0 Å². The summed E-state index contributed by atoms with van der Waals surface area (Å²) in [5.74, 6) is 0.0574. The molecule has 0 spiro atoms. The number of likely N-dealkylation sites (tertiary alicyclic amines) is 1. The van der Waals surface area contributed by atoms with Gasteiger partial charge in [0.25, 0.3) is 0 Å². The second-order valence-corrected chi connectivity index (χ2v) is 7.15. The highest BCUT2D eigenvalue weighted by atomic mass is 16.2. The minimum absolute atomic E-state index is 0.0929. The molecule has 3 amide bonds. The number of primary amides is 1. The number of hydrogen-bond acceptors (Lipinski definition) is 2. The number of nitrogens with zero attached hydrogens (tertiary/aromatic N) is 1. The zero-order chi connectivity index (χ0) is 16.9. The van der Waals surface area contributed by atoms with E-state index >= 15 is 0 Å². The molecule has 0 radical (unpaired) electrons. The molecule has 1 aromatic carbocycles. The molecule has 0 aromatic heterocycles. The highest BCUT2D eigenvalue weighted by molar-refractivity contribution is 5.92. The largest absolute Gasteiger partial charge is 0.366 e. The maximum absolute atomic E-state index is 12.4. The molecule has 1 saturated carbocycles. The molecular weight excluding hydrogens is 302 g/mol. The number of rotatable bonds is 4. The van der Waals surface area contributed by atoms with Gasteiger partial charge in [0, 0.05) is 24.7 Å². The van der Waals surface area contributed by atoms with E-state index in [0.29, 0.717) is 17.5 Å². The number of benzene rings is 1. The molecule has 5 nitrogen and oxygen atoms in total. The summed E-state index contributed by atoms with van der Waals surface area (Å²) in [7, 11) is 0. The van der Waals surface area contributed by atoms with Gasteiger partial charge in [-0.25, -0.2) is 4.79 Å². The van der Waals surface area contributed by atoms with Gasteiger partial charge in [0.05, 0.1) is 0 Å². The third-order valence-corrected chi connectivity index (χ3v) is 5.24. The van der Waals surface area contributed by atoms with Crippen LogP contribution in [0.1, 0.15) is 54.4 Å². The summed E-state index contributed by atoms with van der Waals surface area (Å²) in [6.45, 7) is 1.61. The van der Waals surface area contributed by atoms with Crippen LogP contribution in [-0.4, -0.2) is 36.0 Å². The molecule has 1 aliphatic heterocycles. The zero-order valence-electron chi connectivity index (χ0n) is 14.2. The Morgan fingerprint density at radius 1 is 1.17 bits per heavy atom. The molecular formula is C19H27N3O2. The third-order valence-electron chi connectivity index (χ3n) is 5.24. The van der Waals surface area contributed by atoms with Gasteiger partial charge in [0.1, 0.15) is 0 Å². The summed E-state index contributed by atoms with van der Waals surface area (Å²) in [6, 6.07) is 7.96. The molecule has 1 unspecified atom stereocenters. The van der Waals surface area contributed by atoms with E-state index in [2.05, 4.69) is 5.32 Å². The van der Waals surface area contributed by atoms with Gasteiger partial charge in [-0.05, 0) is 49.3 Å². The first-order valence-electron chi connectivity index (χ1n) is 9.06. The van der Waals surface area contributed by atoms with Crippen LogP contribution in [0.5, 0.6) is 0 Å². The predicted molar refractivity (Wildman–Crippen MR) is 93.7 cm³/mol. The lowest BCUT2D eigenvalue weighted by Crippen LogP contribution is -2.44. The Kier molecular flexibility index (Phi) is 5.38. The van der Waals surface area contributed by atoms with Crippen molar-refractivity contribution in [1.82, 2.24) is 10.2 Å². The summed E-state index contributed by atoms with van der Waals surface area (Å²) < 4.78 is 0. The van der Waals surface area contributed by atoms with Crippen molar-refractivity contribution < 1.29 is 9.59 Å². The molecule has 1 atom stereocenters. The minimum Gasteiger partial charge on any atom is -0.366 e. The van der Waals surface area contributed by atoms with Crippen molar-refractivity contribution in [3.05, 3.63) is 35.4 Å². The van der Waals surface area contributed by atoms with E-state index in [0.717, 1.165) is 44.3 Å². The predicted octanol–water partition coefficient (Wildman–Crippen LogP) is 2.69. The van der Waals surface area contributed by atoms with Crippen molar-refractivity contribution in [2.75, 3.05) is 13.1 Å². The maximum Gasteiger partial charge on any atom is 0.317 e. The van der Waals surface area contributed by atoms with Crippen LogP contribution in [0.3, 0.4) is 0 Å². The molecule has 130 valence electrons. The van der Waals surface area contributed by atoms with E-state index in [1.54, 1.807) is 6.07 Å². The Labute approximate surface area is 143 Å². The van der Waals surface area contributed by atoms with Gasteiger partial charge in [-0.3, -0.25) is 4.79 Å². The summed E-state index contributed by atoms with van der Waals surface area (Å²) in [5.41, 5.74) is 7.01. The summed E-state index contributed by atoms with van der Waals surface area (Å²) in [4.78, 5) is 25.6. The molecule has 1 saturated heterocycles. The Morgan fingerprint density at radius 3 is 2.71 bits per heavy atom. The van der Waals surface area contributed by atoms with Crippen molar-refractivity contribution in [3.8, 4) is 0 Å². The number of nitrogens with two attached hydrogens (primary N) is 1. The zero-order valence-corrected chi connectivity index (χ0v) is 14.2. The fraction of sp³-hybridized carbons (Fsp3) is 0.579. The lowest BCUT2D eigenvalue weighted by molar-refractivity contribution is 0.1000. The topological polar surface area (TPSA) is 75.4 Å². The average molecular weight is 329 g/mol. The number of urea groups is 1. The van der Waals surface area contributed by atoms with Crippen LogP contribution in [0.15, 0.2) is 24.3 Å². The molecule has 2 fully saturated rings. The first-order valence-corrected chi connectivity index (χ1v) is 9.06. The smallest absolute Gasteiger partial charge is 0.317 e. The average Bonchev–Trinajstić information content (AvgIpc) is 3.04. The fourth-order valence-electron chi connectivity index (χ4n) is 3.88. The second kappa shape index (κ2) is 7.69. The Balaban J connectivity index is 1.50. The molecule has 1 aliphatic carbocycles. The number of nitrogens with one attached hydrogen (secondary N) is 1. The van der Waals surface area contributed by atoms with Crippen molar-refractivity contribution in [2.24, 2.45) is 11.7 Å². The van der Waals surface area contributed by atoms with Gasteiger partial charge in [-0.15, -0.1) is 0 Å². The molecule has 5 heteroatoms.